The van der Waals surface area contributed by atoms with E-state index in [0.29, 0.717) is 11.4 Å². The third-order valence-corrected chi connectivity index (χ3v) is 3.65. The minimum atomic E-state index is -0.556. The molecule has 0 aliphatic heterocycles. The summed E-state index contributed by atoms with van der Waals surface area (Å²) in [5.74, 6) is 1.27. The third-order valence-electron chi connectivity index (χ3n) is 2.63. The summed E-state index contributed by atoms with van der Waals surface area (Å²) < 4.78 is 5.14. The zero-order valence-electron chi connectivity index (χ0n) is 10.6. The van der Waals surface area contributed by atoms with Gasteiger partial charge in [-0.05, 0) is 29.8 Å². The van der Waals surface area contributed by atoms with Crippen LogP contribution in [0, 0.1) is 0 Å². The number of ether oxygens (including phenoxy) is 1. The van der Waals surface area contributed by atoms with Gasteiger partial charge in [-0.3, -0.25) is 0 Å². The molecule has 2 rings (SSSR count). The minimum absolute atomic E-state index is 0.532. The van der Waals surface area contributed by atoms with E-state index in [1.165, 1.54) is 11.8 Å². The van der Waals surface area contributed by atoms with Crippen LogP contribution < -0.4 is 10.5 Å². The lowest BCUT2D eigenvalue weighted by Crippen LogP contribution is -2.01. The molecule has 0 fully saturated rings. The molecule has 100 valence electrons. The second-order valence-corrected chi connectivity index (χ2v) is 5.07. The van der Waals surface area contributed by atoms with Crippen molar-refractivity contribution in [2.75, 3.05) is 18.6 Å². The van der Waals surface area contributed by atoms with E-state index in [1.54, 1.807) is 19.4 Å². The summed E-state index contributed by atoms with van der Waals surface area (Å²) in [5.41, 5.74) is 7.04. The summed E-state index contributed by atoms with van der Waals surface area (Å²) in [5, 5.41) is 11.0. The van der Waals surface area contributed by atoms with E-state index in [1.807, 2.05) is 30.3 Å². The molecular formula is C14H16N2O2S. The fourth-order valence-corrected chi connectivity index (χ4v) is 2.40. The zero-order chi connectivity index (χ0) is 13.7. The molecule has 0 aliphatic carbocycles. The summed E-state index contributed by atoms with van der Waals surface area (Å²) in [4.78, 5) is 4.18. The topological polar surface area (TPSA) is 68.4 Å². The molecule has 1 aromatic carbocycles. The Morgan fingerprint density at radius 1 is 1.37 bits per heavy atom. The summed E-state index contributed by atoms with van der Waals surface area (Å²) in [6.45, 7) is 0. The molecule has 1 unspecified atom stereocenters. The van der Waals surface area contributed by atoms with E-state index in [4.69, 9.17) is 10.5 Å². The molecule has 4 nitrogen and oxygen atoms in total. The van der Waals surface area contributed by atoms with Gasteiger partial charge in [-0.2, -0.15) is 0 Å². The first-order valence-electron chi connectivity index (χ1n) is 5.85. The highest BCUT2D eigenvalue weighted by Crippen LogP contribution is 2.25. The van der Waals surface area contributed by atoms with Crippen molar-refractivity contribution in [2.24, 2.45) is 0 Å². The zero-order valence-corrected chi connectivity index (χ0v) is 11.4. The van der Waals surface area contributed by atoms with E-state index in [0.717, 1.165) is 16.3 Å². The van der Waals surface area contributed by atoms with Gasteiger partial charge in [0.05, 0.1) is 30.1 Å². The fraction of sp³-hybridized carbons (Fsp3) is 0.214. The van der Waals surface area contributed by atoms with Crippen LogP contribution in [0.3, 0.4) is 0 Å². The van der Waals surface area contributed by atoms with E-state index in [-0.39, 0.29) is 0 Å². The lowest BCUT2D eigenvalue weighted by molar-refractivity contribution is 0.203. The van der Waals surface area contributed by atoms with Crippen molar-refractivity contribution in [3.8, 4) is 5.75 Å². The van der Waals surface area contributed by atoms with E-state index in [2.05, 4.69) is 4.98 Å². The molecule has 0 bridgehead atoms. The number of nitrogens with zero attached hydrogens (tertiary/aromatic N) is 1. The van der Waals surface area contributed by atoms with E-state index < -0.39 is 6.10 Å². The molecule has 0 radical (unpaired) electrons. The van der Waals surface area contributed by atoms with Crippen molar-refractivity contribution in [3.05, 3.63) is 48.2 Å². The molecule has 0 amide bonds. The summed E-state index contributed by atoms with van der Waals surface area (Å²) >= 11 is 1.49. The first-order valence-corrected chi connectivity index (χ1v) is 6.84. The van der Waals surface area contributed by atoms with Crippen molar-refractivity contribution in [3.63, 3.8) is 0 Å². The van der Waals surface area contributed by atoms with Crippen LogP contribution in [-0.4, -0.2) is 23.0 Å². The third kappa shape index (κ3) is 3.87. The number of thioether (sulfide) groups is 1. The maximum Gasteiger partial charge on any atom is 0.119 e. The van der Waals surface area contributed by atoms with Gasteiger partial charge in [0.15, 0.2) is 0 Å². The number of anilines is 1. The van der Waals surface area contributed by atoms with Crippen LogP contribution in [0.15, 0.2) is 47.6 Å². The maximum absolute atomic E-state index is 10.1. The van der Waals surface area contributed by atoms with Crippen LogP contribution >= 0.6 is 11.8 Å². The second kappa shape index (κ2) is 6.45. The van der Waals surface area contributed by atoms with Gasteiger partial charge in [0.1, 0.15) is 5.75 Å². The van der Waals surface area contributed by atoms with Gasteiger partial charge < -0.3 is 15.6 Å². The van der Waals surface area contributed by atoms with Crippen LogP contribution in [-0.2, 0) is 0 Å². The van der Waals surface area contributed by atoms with Gasteiger partial charge in [-0.1, -0.05) is 12.1 Å². The number of pyridine rings is 1. The van der Waals surface area contributed by atoms with Crippen molar-refractivity contribution >= 4 is 17.4 Å². The lowest BCUT2D eigenvalue weighted by Gasteiger charge is -2.11. The fourth-order valence-electron chi connectivity index (χ4n) is 1.59. The number of hydrogen-bond acceptors (Lipinski definition) is 5. The minimum Gasteiger partial charge on any atom is -0.497 e. The van der Waals surface area contributed by atoms with Gasteiger partial charge in [-0.15, -0.1) is 11.8 Å². The molecule has 0 saturated heterocycles. The molecule has 0 saturated carbocycles. The number of aromatic nitrogens is 1. The van der Waals surface area contributed by atoms with Crippen LogP contribution in [0.25, 0.3) is 0 Å². The number of nitrogen functional groups attached to an aromatic ring is 1. The van der Waals surface area contributed by atoms with Crippen molar-refractivity contribution < 1.29 is 9.84 Å². The highest BCUT2D eigenvalue weighted by atomic mass is 32.2. The predicted octanol–water partition coefficient (Wildman–Crippen LogP) is 2.50. The normalized spacial score (nSPS) is 12.1. The van der Waals surface area contributed by atoms with Gasteiger partial charge in [0.2, 0.25) is 0 Å². The second-order valence-electron chi connectivity index (χ2n) is 4.03. The SMILES string of the molecule is COc1cccc(C(O)CSc2ccc(N)cn2)c1. The molecule has 0 aliphatic rings. The Labute approximate surface area is 116 Å². The van der Waals surface area contributed by atoms with Gasteiger partial charge in [0, 0.05) is 5.75 Å². The highest BCUT2D eigenvalue weighted by Gasteiger charge is 2.09. The van der Waals surface area contributed by atoms with Crippen molar-refractivity contribution in [2.45, 2.75) is 11.1 Å². The van der Waals surface area contributed by atoms with Crippen LogP contribution in [0.1, 0.15) is 11.7 Å². The molecule has 1 heterocycles. The molecule has 2 aromatic rings. The molecule has 1 atom stereocenters. The Balaban J connectivity index is 1.96. The largest absolute Gasteiger partial charge is 0.497 e. The van der Waals surface area contributed by atoms with Crippen molar-refractivity contribution in [1.29, 1.82) is 0 Å². The van der Waals surface area contributed by atoms with Gasteiger partial charge in [0.25, 0.3) is 0 Å². The molecule has 1 aromatic heterocycles. The number of aliphatic hydroxyl groups excluding tert-OH is 1. The Morgan fingerprint density at radius 3 is 2.89 bits per heavy atom. The van der Waals surface area contributed by atoms with Crippen LogP contribution in [0.5, 0.6) is 5.75 Å². The number of hydrogen-bond donors (Lipinski definition) is 2. The van der Waals surface area contributed by atoms with E-state index >= 15 is 0 Å². The summed E-state index contributed by atoms with van der Waals surface area (Å²) in [6.07, 6.45) is 1.06. The molecular weight excluding hydrogens is 260 g/mol. The van der Waals surface area contributed by atoms with Crippen LogP contribution in [0.4, 0.5) is 5.69 Å². The Hall–Kier alpha value is -1.72. The molecule has 5 heteroatoms. The number of rotatable bonds is 5. The predicted molar refractivity (Wildman–Crippen MR) is 77.3 cm³/mol. The van der Waals surface area contributed by atoms with Gasteiger partial charge >= 0.3 is 0 Å². The first kappa shape index (κ1) is 13.7. The Kier molecular flexibility index (Phi) is 4.65. The van der Waals surface area contributed by atoms with Gasteiger partial charge in [-0.25, -0.2) is 4.98 Å². The molecule has 0 spiro atoms. The van der Waals surface area contributed by atoms with Crippen LogP contribution in [0.2, 0.25) is 0 Å². The Morgan fingerprint density at radius 2 is 2.21 bits per heavy atom. The monoisotopic (exact) mass is 276 g/mol. The Bertz CT molecular complexity index is 531. The molecule has 19 heavy (non-hydrogen) atoms. The first-order chi connectivity index (χ1) is 9.19. The average molecular weight is 276 g/mol. The number of methoxy groups -OCH3 is 1. The number of aliphatic hydroxyl groups is 1. The number of nitrogens with two attached hydrogens (primary N) is 1. The average Bonchev–Trinajstić information content (AvgIpc) is 2.46. The quantitative estimate of drug-likeness (QED) is 0.821. The highest BCUT2D eigenvalue weighted by molar-refractivity contribution is 7.99. The van der Waals surface area contributed by atoms with Crippen molar-refractivity contribution in [1.82, 2.24) is 4.98 Å². The summed E-state index contributed by atoms with van der Waals surface area (Å²) in [6, 6.07) is 11.1. The lowest BCUT2D eigenvalue weighted by atomic mass is 10.1. The standard InChI is InChI=1S/C14H16N2O2S/c1-18-12-4-2-3-10(7-12)13(17)9-19-14-6-5-11(15)8-16-14/h2-8,13,17H,9,15H2,1H3. The number of benzene rings is 1. The molecule has 3 N–H and O–H groups in total. The smallest absolute Gasteiger partial charge is 0.119 e. The summed E-state index contributed by atoms with van der Waals surface area (Å²) in [7, 11) is 1.61. The van der Waals surface area contributed by atoms with E-state index in [9.17, 15) is 5.11 Å². The maximum atomic E-state index is 10.1.